The van der Waals surface area contributed by atoms with E-state index in [1.165, 1.54) is 66.1 Å². The molecule has 7 rings (SSSR count). The van der Waals surface area contributed by atoms with Gasteiger partial charge in [-0.3, -0.25) is 0 Å². The maximum atomic E-state index is 2.41. The third kappa shape index (κ3) is 1.85. The first-order valence-corrected chi connectivity index (χ1v) is 10.0. The van der Waals surface area contributed by atoms with Crippen LogP contribution in [0.1, 0.15) is 22.3 Å². The Hall–Kier alpha value is -3.38. The van der Waals surface area contributed by atoms with Crippen molar-refractivity contribution in [1.29, 1.82) is 0 Å². The lowest BCUT2D eigenvalue weighted by Crippen LogP contribution is -1.87. The molecule has 0 heteroatoms. The van der Waals surface area contributed by atoms with Crippen LogP contribution in [-0.2, 0) is 12.8 Å². The fourth-order valence-electron chi connectivity index (χ4n) is 5.34. The van der Waals surface area contributed by atoms with Crippen molar-refractivity contribution in [3.63, 3.8) is 0 Å². The number of fused-ring (bicyclic) bond motifs is 9. The number of hydrogen-bond donors (Lipinski definition) is 0. The zero-order valence-corrected chi connectivity index (χ0v) is 15.5. The standard InChI is InChI=1S/C28H18/c1-3-7-19-15-25-23(11-17(19)5-1)13-21-9-10-22-14-24-12-18-6-2-4-8-20(18)16-26(24)28(22)27(21)25/h1-12,15-16H,13-14H2. The maximum Gasteiger partial charge on any atom is -0.00130 e. The van der Waals surface area contributed by atoms with E-state index in [1.807, 2.05) is 0 Å². The van der Waals surface area contributed by atoms with Gasteiger partial charge in [-0.25, -0.2) is 0 Å². The Morgan fingerprint density at radius 3 is 1.21 bits per heavy atom. The Bertz CT molecular complexity index is 1340. The quantitative estimate of drug-likeness (QED) is 0.272. The first-order valence-electron chi connectivity index (χ1n) is 10.0. The van der Waals surface area contributed by atoms with Gasteiger partial charge in [0.25, 0.3) is 0 Å². The predicted molar refractivity (Wildman–Crippen MR) is 118 cm³/mol. The first-order chi connectivity index (χ1) is 13.8. The fourth-order valence-corrected chi connectivity index (χ4v) is 5.34. The molecule has 5 aromatic carbocycles. The third-order valence-electron chi connectivity index (χ3n) is 6.62. The average Bonchev–Trinajstić information content (AvgIpc) is 3.27. The highest BCUT2D eigenvalue weighted by atomic mass is 14.3. The Kier molecular flexibility index (Phi) is 2.67. The van der Waals surface area contributed by atoms with Gasteiger partial charge in [0.1, 0.15) is 0 Å². The van der Waals surface area contributed by atoms with E-state index in [0.717, 1.165) is 12.8 Å². The highest BCUT2D eigenvalue weighted by molar-refractivity contribution is 6.01. The minimum Gasteiger partial charge on any atom is -0.0616 e. The molecule has 0 atom stereocenters. The summed E-state index contributed by atoms with van der Waals surface area (Å²) < 4.78 is 0. The molecule has 28 heavy (non-hydrogen) atoms. The average molecular weight is 354 g/mol. The summed E-state index contributed by atoms with van der Waals surface area (Å²) >= 11 is 0. The molecule has 0 saturated carbocycles. The minimum atomic E-state index is 1.05. The topological polar surface area (TPSA) is 0 Å². The molecular formula is C28H18. The zero-order valence-electron chi connectivity index (χ0n) is 15.5. The van der Waals surface area contributed by atoms with Crippen LogP contribution < -0.4 is 0 Å². The van der Waals surface area contributed by atoms with Crippen LogP contribution in [0.5, 0.6) is 0 Å². The largest absolute Gasteiger partial charge is 0.0616 e. The van der Waals surface area contributed by atoms with Crippen LogP contribution in [0.4, 0.5) is 0 Å². The lowest BCUT2D eigenvalue weighted by molar-refractivity contribution is 1.24. The number of rotatable bonds is 0. The van der Waals surface area contributed by atoms with Gasteiger partial charge in [-0.2, -0.15) is 0 Å². The van der Waals surface area contributed by atoms with Crippen molar-refractivity contribution in [1.82, 2.24) is 0 Å². The van der Waals surface area contributed by atoms with Crippen LogP contribution in [-0.4, -0.2) is 0 Å². The molecule has 0 radical (unpaired) electrons. The summed E-state index contributed by atoms with van der Waals surface area (Å²) in [7, 11) is 0. The zero-order chi connectivity index (χ0) is 18.2. The SMILES string of the molecule is c1ccc2cc3c(cc2c1)Cc1ccc2c(c1-3)-c1cc3ccccc3cc1C2. The number of hydrogen-bond acceptors (Lipinski definition) is 0. The van der Waals surface area contributed by atoms with Crippen molar-refractivity contribution in [2.45, 2.75) is 12.8 Å². The highest BCUT2D eigenvalue weighted by Gasteiger charge is 2.29. The molecule has 0 heterocycles. The molecule has 5 aromatic rings. The van der Waals surface area contributed by atoms with E-state index in [0.29, 0.717) is 0 Å². The van der Waals surface area contributed by atoms with Crippen molar-refractivity contribution in [3.05, 3.63) is 107 Å². The molecule has 0 spiro atoms. The fraction of sp³-hybridized carbons (Fsp3) is 0.0714. The molecule has 0 aromatic heterocycles. The van der Waals surface area contributed by atoms with Crippen molar-refractivity contribution in [3.8, 4) is 22.3 Å². The molecule has 0 aliphatic heterocycles. The van der Waals surface area contributed by atoms with E-state index in [9.17, 15) is 0 Å². The number of benzene rings is 5. The molecule has 0 N–H and O–H groups in total. The van der Waals surface area contributed by atoms with Crippen molar-refractivity contribution >= 4 is 21.5 Å². The van der Waals surface area contributed by atoms with Gasteiger partial charge in [0, 0.05) is 0 Å². The first kappa shape index (κ1) is 14.6. The van der Waals surface area contributed by atoms with Gasteiger partial charge in [-0.1, -0.05) is 72.8 Å². The van der Waals surface area contributed by atoms with Gasteiger partial charge in [-0.05, 0) is 91.0 Å². The van der Waals surface area contributed by atoms with E-state index in [-0.39, 0.29) is 0 Å². The molecule has 130 valence electrons. The van der Waals surface area contributed by atoms with Crippen molar-refractivity contribution in [2.75, 3.05) is 0 Å². The monoisotopic (exact) mass is 354 g/mol. The van der Waals surface area contributed by atoms with E-state index in [4.69, 9.17) is 0 Å². The summed E-state index contributed by atoms with van der Waals surface area (Å²) in [6.07, 6.45) is 2.09. The van der Waals surface area contributed by atoms with Gasteiger partial charge in [0.2, 0.25) is 0 Å². The molecular weight excluding hydrogens is 336 g/mol. The molecule has 0 unspecified atom stereocenters. The molecule has 0 amide bonds. The molecule has 0 fully saturated rings. The second kappa shape index (κ2) is 5.11. The van der Waals surface area contributed by atoms with Crippen molar-refractivity contribution in [2.24, 2.45) is 0 Å². The third-order valence-corrected chi connectivity index (χ3v) is 6.62. The van der Waals surface area contributed by atoms with E-state index in [2.05, 4.69) is 84.9 Å². The van der Waals surface area contributed by atoms with E-state index in [1.54, 1.807) is 0 Å². The van der Waals surface area contributed by atoms with Crippen LogP contribution in [0.2, 0.25) is 0 Å². The molecule has 0 bridgehead atoms. The smallest absolute Gasteiger partial charge is 0.00130 e. The van der Waals surface area contributed by atoms with Crippen LogP contribution in [0.15, 0.2) is 84.9 Å². The van der Waals surface area contributed by atoms with Gasteiger partial charge >= 0.3 is 0 Å². The van der Waals surface area contributed by atoms with Crippen LogP contribution in [0.25, 0.3) is 43.8 Å². The summed E-state index contributed by atoms with van der Waals surface area (Å²) in [4.78, 5) is 0. The van der Waals surface area contributed by atoms with Gasteiger partial charge in [-0.15, -0.1) is 0 Å². The summed E-state index contributed by atoms with van der Waals surface area (Å²) in [6, 6.07) is 31.8. The second-order valence-corrected chi connectivity index (χ2v) is 8.20. The Labute approximate surface area is 164 Å². The van der Waals surface area contributed by atoms with Crippen LogP contribution >= 0.6 is 0 Å². The van der Waals surface area contributed by atoms with Crippen molar-refractivity contribution < 1.29 is 0 Å². The summed E-state index contributed by atoms with van der Waals surface area (Å²) in [6.45, 7) is 0. The molecule has 0 saturated heterocycles. The Balaban J connectivity index is 1.55. The molecule has 0 nitrogen and oxygen atoms in total. The molecule has 2 aliphatic rings. The van der Waals surface area contributed by atoms with Crippen LogP contribution in [0.3, 0.4) is 0 Å². The normalized spacial score (nSPS) is 13.4. The Morgan fingerprint density at radius 2 is 0.786 bits per heavy atom. The summed E-state index contributed by atoms with van der Waals surface area (Å²) in [5.41, 5.74) is 11.7. The Morgan fingerprint density at radius 1 is 0.393 bits per heavy atom. The second-order valence-electron chi connectivity index (χ2n) is 8.20. The van der Waals surface area contributed by atoms with Gasteiger partial charge in [0.05, 0.1) is 0 Å². The predicted octanol–water partition coefficient (Wildman–Crippen LogP) is 7.14. The van der Waals surface area contributed by atoms with Crippen LogP contribution in [0, 0.1) is 0 Å². The van der Waals surface area contributed by atoms with E-state index < -0.39 is 0 Å². The summed E-state index contributed by atoms with van der Waals surface area (Å²) in [5, 5.41) is 5.36. The summed E-state index contributed by atoms with van der Waals surface area (Å²) in [5.74, 6) is 0. The minimum absolute atomic E-state index is 1.05. The molecule has 2 aliphatic carbocycles. The van der Waals surface area contributed by atoms with E-state index >= 15 is 0 Å². The highest BCUT2D eigenvalue weighted by Crippen LogP contribution is 2.50. The van der Waals surface area contributed by atoms with Gasteiger partial charge in [0.15, 0.2) is 0 Å². The van der Waals surface area contributed by atoms with Gasteiger partial charge < -0.3 is 0 Å². The lowest BCUT2D eigenvalue weighted by atomic mass is 9.92. The lowest BCUT2D eigenvalue weighted by Gasteiger charge is -2.11. The maximum absolute atomic E-state index is 2.41.